The summed E-state index contributed by atoms with van der Waals surface area (Å²) >= 11 is 6.31. The summed E-state index contributed by atoms with van der Waals surface area (Å²) < 4.78 is 37.1. The van der Waals surface area contributed by atoms with Gasteiger partial charge in [0.25, 0.3) is 8.32 Å². The number of benzene rings is 1. The van der Waals surface area contributed by atoms with Crippen LogP contribution in [0, 0.1) is 11.7 Å². The summed E-state index contributed by atoms with van der Waals surface area (Å²) in [6, 6.07) is 3.09. The lowest BCUT2D eigenvalue weighted by atomic mass is 10.0. The van der Waals surface area contributed by atoms with Crippen molar-refractivity contribution in [3.8, 4) is 5.75 Å². The summed E-state index contributed by atoms with van der Waals surface area (Å²) in [5.41, 5.74) is 0.494. The van der Waals surface area contributed by atoms with Crippen molar-refractivity contribution in [3.63, 3.8) is 0 Å². The fraction of sp³-hybridized carbons (Fsp3) is 0.700. The normalized spacial score (nSPS) is 18.3. The van der Waals surface area contributed by atoms with Crippen LogP contribution in [0.5, 0.6) is 5.75 Å². The average Bonchev–Trinajstić information content (AvgIpc) is 3.32. The zero-order valence-corrected chi connectivity index (χ0v) is 20.3. The topological polar surface area (TPSA) is 38.3 Å². The van der Waals surface area contributed by atoms with Crippen molar-refractivity contribution in [2.45, 2.75) is 83.3 Å². The van der Waals surface area contributed by atoms with Crippen LogP contribution in [0.15, 0.2) is 12.1 Å². The van der Waals surface area contributed by atoms with E-state index in [9.17, 15) is 4.21 Å². The molecule has 0 unspecified atom stereocenters. The number of nitrogens with one attached hydrogen (secondary N) is 1. The largest absolute Gasteiger partial charge is 0.541 e. The van der Waals surface area contributed by atoms with Crippen LogP contribution in [0.25, 0.3) is 0 Å². The number of hydrogen-bond acceptors (Lipinski definition) is 2. The maximum absolute atomic E-state index is 15.5. The fourth-order valence-electron chi connectivity index (χ4n) is 2.43. The highest BCUT2D eigenvalue weighted by molar-refractivity contribution is 7.84. The molecule has 0 aliphatic heterocycles. The van der Waals surface area contributed by atoms with Crippen molar-refractivity contribution < 1.29 is 13.0 Å². The van der Waals surface area contributed by atoms with Gasteiger partial charge in [-0.25, -0.2) is 13.3 Å². The molecule has 0 bridgehead atoms. The number of hydrogen-bond donors (Lipinski definition) is 1. The van der Waals surface area contributed by atoms with Crippen LogP contribution in [-0.2, 0) is 11.0 Å². The second-order valence-corrected chi connectivity index (χ2v) is 17.1. The Labute approximate surface area is 172 Å². The second kappa shape index (κ2) is 7.77. The lowest BCUT2D eigenvalue weighted by Gasteiger charge is -2.37. The lowest BCUT2D eigenvalue weighted by molar-refractivity contribution is 0.442. The van der Waals surface area contributed by atoms with E-state index in [1.807, 2.05) is 20.8 Å². The standard InChI is InChI=1S/C20H33ClFNO2SSi/c1-19(2,3)26(24)23-17(13-9-10-13)14-11-12-15(21)18(16(14)22)25-27(7,8)20(4,5)6/h11-13,17,23H,9-10H2,1-8H3/t17-,26+/m1/s1. The first-order chi connectivity index (χ1) is 12.1. The molecule has 2 rings (SSSR count). The summed E-state index contributed by atoms with van der Waals surface area (Å²) in [4.78, 5) is 0. The molecule has 1 fully saturated rings. The molecule has 0 radical (unpaired) electrons. The van der Waals surface area contributed by atoms with Gasteiger partial charge in [0.1, 0.15) is 0 Å². The van der Waals surface area contributed by atoms with Crippen LogP contribution < -0.4 is 9.15 Å². The van der Waals surface area contributed by atoms with Gasteiger partial charge in [-0.1, -0.05) is 38.4 Å². The summed E-state index contributed by atoms with van der Waals surface area (Å²) in [5.74, 6) is -0.00918. The minimum atomic E-state index is -2.24. The van der Waals surface area contributed by atoms with E-state index in [4.69, 9.17) is 16.0 Å². The molecular weight excluding hydrogens is 401 g/mol. The molecule has 7 heteroatoms. The molecule has 27 heavy (non-hydrogen) atoms. The van der Waals surface area contributed by atoms with Gasteiger partial charge in [0.2, 0.25) is 0 Å². The van der Waals surface area contributed by atoms with E-state index >= 15 is 4.39 Å². The van der Waals surface area contributed by atoms with Crippen LogP contribution in [0.4, 0.5) is 4.39 Å². The summed E-state index contributed by atoms with van der Waals surface area (Å²) in [5, 5.41) is 0.216. The zero-order valence-electron chi connectivity index (χ0n) is 17.7. The first-order valence-electron chi connectivity index (χ1n) is 9.50. The average molecular weight is 434 g/mol. The van der Waals surface area contributed by atoms with Crippen LogP contribution in [0.2, 0.25) is 23.2 Å². The monoisotopic (exact) mass is 433 g/mol. The Morgan fingerprint density at radius 1 is 1.22 bits per heavy atom. The minimum absolute atomic E-state index is 0.0688. The molecule has 2 atom stereocenters. The molecule has 1 aliphatic carbocycles. The molecule has 0 aromatic heterocycles. The first kappa shape index (κ1) is 22.9. The Morgan fingerprint density at radius 3 is 2.22 bits per heavy atom. The van der Waals surface area contributed by atoms with Gasteiger partial charge in [0.15, 0.2) is 11.6 Å². The zero-order chi connectivity index (χ0) is 20.8. The van der Waals surface area contributed by atoms with Gasteiger partial charge in [-0.2, -0.15) is 0 Å². The molecule has 1 N–H and O–H groups in total. The van der Waals surface area contributed by atoms with Gasteiger partial charge in [0.05, 0.1) is 26.8 Å². The van der Waals surface area contributed by atoms with E-state index in [0.29, 0.717) is 5.56 Å². The molecule has 0 saturated heterocycles. The van der Waals surface area contributed by atoms with Crippen molar-refractivity contribution in [2.24, 2.45) is 5.92 Å². The van der Waals surface area contributed by atoms with E-state index in [2.05, 4.69) is 38.6 Å². The predicted molar refractivity (Wildman–Crippen MR) is 116 cm³/mol. The molecule has 0 amide bonds. The van der Waals surface area contributed by atoms with Crippen LogP contribution in [-0.4, -0.2) is 17.3 Å². The molecule has 1 aliphatic rings. The Kier molecular flexibility index (Phi) is 6.58. The van der Waals surface area contributed by atoms with Gasteiger partial charge < -0.3 is 4.43 Å². The van der Waals surface area contributed by atoms with Gasteiger partial charge >= 0.3 is 0 Å². The van der Waals surface area contributed by atoms with Crippen molar-refractivity contribution in [1.29, 1.82) is 0 Å². The highest BCUT2D eigenvalue weighted by Gasteiger charge is 2.41. The number of rotatable bonds is 6. The first-order valence-corrected chi connectivity index (χ1v) is 13.9. The highest BCUT2D eigenvalue weighted by atomic mass is 35.5. The van der Waals surface area contributed by atoms with E-state index in [0.717, 1.165) is 12.8 Å². The van der Waals surface area contributed by atoms with Gasteiger partial charge in [-0.3, -0.25) is 0 Å². The van der Waals surface area contributed by atoms with Gasteiger partial charge in [-0.15, -0.1) is 0 Å². The maximum atomic E-state index is 15.5. The van der Waals surface area contributed by atoms with E-state index in [-0.39, 0.29) is 27.8 Å². The van der Waals surface area contributed by atoms with E-state index in [1.54, 1.807) is 12.1 Å². The van der Waals surface area contributed by atoms with E-state index < -0.39 is 29.9 Å². The highest BCUT2D eigenvalue weighted by Crippen LogP contribution is 2.46. The summed E-state index contributed by atoms with van der Waals surface area (Å²) in [7, 11) is -3.53. The third-order valence-corrected chi connectivity index (χ3v) is 11.7. The lowest BCUT2D eigenvalue weighted by Crippen LogP contribution is -2.44. The molecule has 0 spiro atoms. The summed E-state index contributed by atoms with van der Waals surface area (Å²) in [6.07, 6.45) is 2.00. The Balaban J connectivity index is 2.41. The fourth-order valence-corrected chi connectivity index (χ4v) is 4.59. The Morgan fingerprint density at radius 2 is 1.78 bits per heavy atom. The molecular formula is C20H33ClFNO2SSi. The van der Waals surface area contributed by atoms with Crippen molar-refractivity contribution in [2.75, 3.05) is 0 Å². The summed E-state index contributed by atoms with van der Waals surface area (Å²) in [6.45, 7) is 16.2. The molecule has 0 heterocycles. The van der Waals surface area contributed by atoms with Gasteiger partial charge in [0, 0.05) is 5.56 Å². The third-order valence-electron chi connectivity index (χ3n) is 5.46. The predicted octanol–water partition coefficient (Wildman–Crippen LogP) is 6.37. The third kappa shape index (κ3) is 5.34. The SMILES string of the molecule is CC(C)(C)[S@](=O)N[C@@H](c1ccc(Cl)c(O[Si](C)(C)C(C)(C)C)c1F)C1CC1. The van der Waals surface area contributed by atoms with Crippen molar-refractivity contribution >= 4 is 30.9 Å². The van der Waals surface area contributed by atoms with Crippen molar-refractivity contribution in [3.05, 3.63) is 28.5 Å². The maximum Gasteiger partial charge on any atom is 0.250 e. The molecule has 1 aromatic carbocycles. The Bertz CT molecular complexity index is 724. The van der Waals surface area contributed by atoms with Crippen molar-refractivity contribution in [1.82, 2.24) is 4.72 Å². The molecule has 3 nitrogen and oxygen atoms in total. The second-order valence-electron chi connectivity index (χ2n) is 9.96. The van der Waals surface area contributed by atoms with E-state index in [1.165, 1.54) is 0 Å². The van der Waals surface area contributed by atoms with Gasteiger partial charge in [-0.05, 0) is 63.7 Å². The quantitative estimate of drug-likeness (QED) is 0.529. The van der Waals surface area contributed by atoms with Crippen LogP contribution >= 0.6 is 11.6 Å². The molecule has 154 valence electrons. The Hall–Kier alpha value is -0.433. The molecule has 1 aromatic rings. The number of halogens is 2. The minimum Gasteiger partial charge on any atom is -0.541 e. The smallest absolute Gasteiger partial charge is 0.250 e. The molecule has 1 saturated carbocycles. The van der Waals surface area contributed by atoms with Crippen LogP contribution in [0.1, 0.15) is 66.0 Å². The van der Waals surface area contributed by atoms with Crippen LogP contribution in [0.3, 0.4) is 0 Å².